The summed E-state index contributed by atoms with van der Waals surface area (Å²) in [5.41, 5.74) is 0.964. The first-order valence-electron chi connectivity index (χ1n) is 9.03. The van der Waals surface area contributed by atoms with Gasteiger partial charge in [-0.05, 0) is 36.6 Å². The summed E-state index contributed by atoms with van der Waals surface area (Å²) >= 11 is 1.27. The standard InChI is InChI=1S/C21H28N2O3S/c1-13(2)12-26-16-10-8-7-9-15(16)22-19(24)18-14(3)11-17(27-18)23-20(25)21(4,5)6/h7-11,13H,12H2,1-6H3,(H,22,24)(H,23,25). The summed E-state index contributed by atoms with van der Waals surface area (Å²) in [4.78, 5) is 25.5. The highest BCUT2D eigenvalue weighted by Crippen LogP contribution is 2.31. The number of hydrogen-bond donors (Lipinski definition) is 2. The lowest BCUT2D eigenvalue weighted by Gasteiger charge is -2.16. The Morgan fingerprint density at radius 3 is 2.44 bits per heavy atom. The predicted octanol–water partition coefficient (Wildman–Crippen LogP) is 5.33. The Labute approximate surface area is 165 Å². The maximum atomic E-state index is 12.8. The number of hydrogen-bond acceptors (Lipinski definition) is 4. The topological polar surface area (TPSA) is 67.4 Å². The smallest absolute Gasteiger partial charge is 0.266 e. The quantitative estimate of drug-likeness (QED) is 0.703. The SMILES string of the molecule is Cc1cc(NC(=O)C(C)(C)C)sc1C(=O)Nc1ccccc1OCC(C)C. The first kappa shape index (κ1) is 21.0. The zero-order valence-corrected chi connectivity index (χ0v) is 17.6. The van der Waals surface area contributed by atoms with Crippen molar-refractivity contribution in [3.63, 3.8) is 0 Å². The van der Waals surface area contributed by atoms with Crippen LogP contribution in [0.5, 0.6) is 5.75 Å². The minimum atomic E-state index is -0.493. The average Bonchev–Trinajstić information content (AvgIpc) is 2.93. The normalized spacial score (nSPS) is 11.4. The molecule has 6 heteroatoms. The summed E-state index contributed by atoms with van der Waals surface area (Å²) in [6.45, 7) is 12.1. The fourth-order valence-corrected chi connectivity index (χ4v) is 3.16. The molecule has 0 unspecified atom stereocenters. The zero-order chi connectivity index (χ0) is 20.2. The summed E-state index contributed by atoms with van der Waals surface area (Å²) in [7, 11) is 0. The van der Waals surface area contributed by atoms with Gasteiger partial charge in [-0.3, -0.25) is 9.59 Å². The highest BCUT2D eigenvalue weighted by Gasteiger charge is 2.23. The summed E-state index contributed by atoms with van der Waals surface area (Å²) in [6, 6.07) is 9.22. The van der Waals surface area contributed by atoms with Crippen LogP contribution in [0, 0.1) is 18.3 Å². The molecule has 2 rings (SSSR count). The van der Waals surface area contributed by atoms with Crippen LogP contribution < -0.4 is 15.4 Å². The second-order valence-electron chi connectivity index (χ2n) is 7.98. The Hall–Kier alpha value is -2.34. The molecule has 1 aromatic heterocycles. The van der Waals surface area contributed by atoms with E-state index in [9.17, 15) is 9.59 Å². The number of nitrogens with one attached hydrogen (secondary N) is 2. The molecule has 2 amide bonds. The molecule has 5 nitrogen and oxygen atoms in total. The summed E-state index contributed by atoms with van der Waals surface area (Å²) < 4.78 is 5.79. The van der Waals surface area contributed by atoms with Crippen molar-refractivity contribution in [1.29, 1.82) is 0 Å². The minimum absolute atomic E-state index is 0.0804. The maximum Gasteiger partial charge on any atom is 0.266 e. The largest absolute Gasteiger partial charge is 0.491 e. The molecular weight excluding hydrogens is 360 g/mol. The Kier molecular flexibility index (Phi) is 6.65. The molecule has 0 aliphatic heterocycles. The van der Waals surface area contributed by atoms with Crippen LogP contribution in [-0.4, -0.2) is 18.4 Å². The van der Waals surface area contributed by atoms with Crippen LogP contribution in [0.15, 0.2) is 30.3 Å². The molecule has 2 N–H and O–H groups in total. The third kappa shape index (κ3) is 5.82. The highest BCUT2D eigenvalue weighted by molar-refractivity contribution is 7.18. The Morgan fingerprint density at radius 2 is 1.81 bits per heavy atom. The molecule has 1 heterocycles. The van der Waals surface area contributed by atoms with Gasteiger partial charge in [0.1, 0.15) is 5.75 Å². The average molecular weight is 389 g/mol. The van der Waals surface area contributed by atoms with E-state index in [0.717, 1.165) is 5.56 Å². The van der Waals surface area contributed by atoms with Crippen molar-refractivity contribution in [3.05, 3.63) is 40.8 Å². The Balaban J connectivity index is 2.14. The zero-order valence-electron chi connectivity index (χ0n) is 16.8. The van der Waals surface area contributed by atoms with E-state index in [0.29, 0.717) is 33.8 Å². The molecule has 0 saturated carbocycles. The number of carbonyl (C=O) groups is 2. The summed E-state index contributed by atoms with van der Waals surface area (Å²) in [5, 5.41) is 6.47. The molecule has 0 saturated heterocycles. The molecule has 2 aromatic rings. The number of rotatable bonds is 6. The van der Waals surface area contributed by atoms with Gasteiger partial charge in [-0.2, -0.15) is 0 Å². The fraction of sp³-hybridized carbons (Fsp3) is 0.429. The Morgan fingerprint density at radius 1 is 1.15 bits per heavy atom. The van der Waals surface area contributed by atoms with Crippen molar-refractivity contribution in [2.45, 2.75) is 41.5 Å². The van der Waals surface area contributed by atoms with Crippen LogP contribution in [0.3, 0.4) is 0 Å². The van der Waals surface area contributed by atoms with Crippen molar-refractivity contribution >= 4 is 33.8 Å². The second kappa shape index (κ2) is 8.57. The molecule has 0 fully saturated rings. The van der Waals surface area contributed by atoms with E-state index in [1.807, 2.05) is 58.0 Å². The number of para-hydroxylation sites is 2. The van der Waals surface area contributed by atoms with E-state index in [-0.39, 0.29) is 11.8 Å². The molecule has 1 aromatic carbocycles. The van der Waals surface area contributed by atoms with E-state index < -0.39 is 5.41 Å². The molecule has 0 aliphatic carbocycles. The highest BCUT2D eigenvalue weighted by atomic mass is 32.1. The van der Waals surface area contributed by atoms with Gasteiger partial charge in [-0.15, -0.1) is 11.3 Å². The van der Waals surface area contributed by atoms with Gasteiger partial charge in [0, 0.05) is 5.41 Å². The van der Waals surface area contributed by atoms with Gasteiger partial charge in [0.15, 0.2) is 0 Å². The third-order valence-electron chi connectivity index (χ3n) is 3.75. The maximum absolute atomic E-state index is 12.8. The molecular formula is C21H28N2O3S. The molecule has 0 spiro atoms. The van der Waals surface area contributed by atoms with Crippen LogP contribution in [0.4, 0.5) is 10.7 Å². The number of amides is 2. The van der Waals surface area contributed by atoms with Crippen LogP contribution in [0.25, 0.3) is 0 Å². The van der Waals surface area contributed by atoms with Crippen molar-refractivity contribution in [3.8, 4) is 5.75 Å². The lowest BCUT2D eigenvalue weighted by molar-refractivity contribution is -0.123. The third-order valence-corrected chi connectivity index (χ3v) is 4.90. The van der Waals surface area contributed by atoms with Gasteiger partial charge in [-0.25, -0.2) is 0 Å². The van der Waals surface area contributed by atoms with Crippen LogP contribution in [-0.2, 0) is 4.79 Å². The van der Waals surface area contributed by atoms with Crippen LogP contribution in [0.2, 0.25) is 0 Å². The number of aryl methyl sites for hydroxylation is 1. The predicted molar refractivity (Wildman–Crippen MR) is 112 cm³/mol. The van der Waals surface area contributed by atoms with Gasteiger partial charge in [0.25, 0.3) is 5.91 Å². The van der Waals surface area contributed by atoms with Gasteiger partial charge in [0.05, 0.1) is 22.2 Å². The summed E-state index contributed by atoms with van der Waals surface area (Å²) in [5.74, 6) is 0.745. The van der Waals surface area contributed by atoms with E-state index in [1.165, 1.54) is 11.3 Å². The van der Waals surface area contributed by atoms with Gasteiger partial charge >= 0.3 is 0 Å². The minimum Gasteiger partial charge on any atom is -0.491 e. The van der Waals surface area contributed by atoms with Crippen molar-refractivity contribution in [2.75, 3.05) is 17.2 Å². The molecule has 0 aliphatic rings. The van der Waals surface area contributed by atoms with Gasteiger partial charge < -0.3 is 15.4 Å². The molecule has 0 radical (unpaired) electrons. The Bertz CT molecular complexity index is 819. The van der Waals surface area contributed by atoms with Crippen LogP contribution in [0.1, 0.15) is 49.9 Å². The lowest BCUT2D eigenvalue weighted by Crippen LogP contribution is -2.27. The van der Waals surface area contributed by atoms with Crippen molar-refractivity contribution in [2.24, 2.45) is 11.3 Å². The molecule has 146 valence electrons. The number of anilines is 2. The lowest BCUT2D eigenvalue weighted by atomic mass is 9.96. The fourth-order valence-electron chi connectivity index (χ4n) is 2.20. The van der Waals surface area contributed by atoms with E-state index in [1.54, 1.807) is 0 Å². The van der Waals surface area contributed by atoms with E-state index in [2.05, 4.69) is 24.5 Å². The number of carbonyl (C=O) groups excluding carboxylic acids is 2. The molecule has 0 atom stereocenters. The second-order valence-corrected chi connectivity index (χ2v) is 9.03. The van der Waals surface area contributed by atoms with Gasteiger partial charge in [-0.1, -0.05) is 46.8 Å². The first-order chi connectivity index (χ1) is 12.6. The van der Waals surface area contributed by atoms with Gasteiger partial charge in [0.2, 0.25) is 5.91 Å². The van der Waals surface area contributed by atoms with E-state index in [4.69, 9.17) is 4.74 Å². The van der Waals surface area contributed by atoms with Crippen molar-refractivity contribution < 1.29 is 14.3 Å². The first-order valence-corrected chi connectivity index (χ1v) is 9.84. The van der Waals surface area contributed by atoms with Crippen LogP contribution >= 0.6 is 11.3 Å². The van der Waals surface area contributed by atoms with E-state index >= 15 is 0 Å². The number of benzene rings is 1. The number of ether oxygens (including phenoxy) is 1. The molecule has 0 bridgehead atoms. The summed E-state index contributed by atoms with van der Waals surface area (Å²) in [6.07, 6.45) is 0. The monoisotopic (exact) mass is 388 g/mol. The van der Waals surface area contributed by atoms with Crippen molar-refractivity contribution in [1.82, 2.24) is 0 Å². The number of thiophene rings is 1. The molecule has 27 heavy (non-hydrogen) atoms.